The van der Waals surface area contributed by atoms with Gasteiger partial charge in [0.05, 0.1) is 0 Å². The van der Waals surface area contributed by atoms with E-state index in [4.69, 9.17) is 0 Å². The summed E-state index contributed by atoms with van der Waals surface area (Å²) in [6.07, 6.45) is 11.1. The van der Waals surface area contributed by atoms with Gasteiger partial charge in [-0.2, -0.15) is 0 Å². The van der Waals surface area contributed by atoms with Crippen LogP contribution in [0.25, 0.3) is 0 Å². The smallest absolute Gasteiger partial charge is 0.0215 e. The molecule has 0 amide bonds. The quantitative estimate of drug-likeness (QED) is 0.357. The van der Waals surface area contributed by atoms with Crippen LogP contribution in [0.2, 0.25) is 0 Å². The zero-order valence-corrected chi connectivity index (χ0v) is 6.29. The van der Waals surface area contributed by atoms with Crippen molar-refractivity contribution in [3.63, 3.8) is 0 Å². The summed E-state index contributed by atoms with van der Waals surface area (Å²) in [5.41, 5.74) is 0. The molecular weight excluding hydrogens is 126 g/mol. The van der Waals surface area contributed by atoms with E-state index < -0.39 is 0 Å². The first-order valence-corrected chi connectivity index (χ1v) is 4.90. The fourth-order valence-electron chi connectivity index (χ4n) is 1.09. The maximum absolute atomic E-state index is 1.66. The zero-order chi connectivity index (χ0) is 6.53. The summed E-state index contributed by atoms with van der Waals surface area (Å²) in [7, 11) is 1.47. The van der Waals surface area contributed by atoms with Crippen molar-refractivity contribution in [3.05, 3.63) is 0 Å². The minimum atomic E-state index is 0.715. The first-order chi connectivity index (χ1) is 4.39. The summed E-state index contributed by atoms with van der Waals surface area (Å²) in [5, 5.41) is 0. The summed E-state index contributed by atoms with van der Waals surface area (Å²) in [5.74, 6) is 0. The molecule has 0 N–H and O–H groups in total. The lowest BCUT2D eigenvalue weighted by atomic mass is 10.2. The van der Waals surface area contributed by atoms with Crippen molar-refractivity contribution in [1.29, 1.82) is 0 Å². The Morgan fingerprint density at radius 1 is 0.778 bits per heavy atom. The Labute approximate surface area is 60.5 Å². The molecule has 0 saturated carbocycles. The molecule has 2 heteroatoms. The number of hydrogen-bond acceptors (Lipinski definition) is 0. The van der Waals surface area contributed by atoms with Gasteiger partial charge in [-0.15, -0.1) is 0 Å². The lowest BCUT2D eigenvalue weighted by molar-refractivity contribution is 0.650. The van der Waals surface area contributed by atoms with Crippen LogP contribution >= 0.6 is 7.80 Å². The van der Waals surface area contributed by atoms with Gasteiger partial charge in [0.15, 0.2) is 0 Å². The highest BCUT2D eigenvalue weighted by molar-refractivity contribution is 7.82. The van der Waals surface area contributed by atoms with E-state index >= 15 is 0 Å². The Balaban J connectivity index is 2.12. The van der Waals surface area contributed by atoms with Crippen LogP contribution in [0.15, 0.2) is 0 Å². The van der Waals surface area contributed by atoms with Gasteiger partial charge in [-0.1, -0.05) is 44.4 Å². The predicted molar refractivity (Wildman–Crippen MR) is 49.7 cm³/mol. The van der Waals surface area contributed by atoms with Gasteiger partial charge in [-0.25, -0.2) is 0 Å². The highest BCUT2D eigenvalue weighted by atomic mass is 31.1. The largest absolute Gasteiger partial charge is 0.288 e. The van der Waals surface area contributed by atoms with E-state index in [9.17, 15) is 0 Å². The predicted octanol–water partition coefficient (Wildman–Crippen LogP) is 1.71. The van der Waals surface area contributed by atoms with E-state index in [2.05, 4.69) is 0 Å². The molecular formula is C7H17BP-. The molecule has 1 fully saturated rings. The van der Waals surface area contributed by atoms with E-state index in [0.29, 0.717) is 7.80 Å². The van der Waals surface area contributed by atoms with E-state index in [0.717, 1.165) is 7.57 Å². The number of rotatable bonds is 0. The third-order valence-corrected chi connectivity index (χ3v) is 2.90. The molecule has 9 heavy (non-hydrogen) atoms. The van der Waals surface area contributed by atoms with Gasteiger partial charge in [0.1, 0.15) is 0 Å². The lowest BCUT2D eigenvalue weighted by Crippen LogP contribution is -1.95. The zero-order valence-electron chi connectivity index (χ0n) is 5.40. The SMILES string of the molecule is [BH3-]P1CCCCCCC1. The molecule has 1 saturated heterocycles. The Kier molecular flexibility index (Phi) is 3.66. The molecule has 0 atom stereocenters. The van der Waals surface area contributed by atoms with Crippen molar-refractivity contribution >= 4 is 15.4 Å². The second-order valence-corrected chi connectivity index (χ2v) is 3.78. The molecule has 1 aliphatic rings. The molecule has 0 bridgehead atoms. The highest BCUT2D eigenvalue weighted by Crippen LogP contribution is 2.33. The Morgan fingerprint density at radius 2 is 1.22 bits per heavy atom. The third kappa shape index (κ3) is 3.25. The van der Waals surface area contributed by atoms with Crippen LogP contribution in [0.3, 0.4) is 0 Å². The first-order valence-electron chi connectivity index (χ1n) is 3.63. The van der Waals surface area contributed by atoms with Crippen LogP contribution in [-0.4, -0.2) is 19.9 Å². The van der Waals surface area contributed by atoms with Crippen LogP contribution < -0.4 is 0 Å². The standard InChI is InChI=1S/C7H17BP/c8-9-6-4-2-1-3-5-7-9/h1-7H2,8H3/q-1. The van der Waals surface area contributed by atoms with Crippen molar-refractivity contribution in [2.75, 3.05) is 12.3 Å². The van der Waals surface area contributed by atoms with Gasteiger partial charge in [0.25, 0.3) is 0 Å². The molecule has 0 spiro atoms. The Hall–Kier alpha value is 0.495. The summed E-state index contributed by atoms with van der Waals surface area (Å²) < 4.78 is 0. The van der Waals surface area contributed by atoms with Gasteiger partial charge in [-0.05, 0) is 7.57 Å². The molecule has 0 aromatic carbocycles. The Morgan fingerprint density at radius 3 is 1.78 bits per heavy atom. The van der Waals surface area contributed by atoms with Crippen molar-refractivity contribution in [2.24, 2.45) is 0 Å². The molecule has 0 nitrogen and oxygen atoms in total. The van der Waals surface area contributed by atoms with E-state index in [1.54, 1.807) is 38.0 Å². The summed E-state index contributed by atoms with van der Waals surface area (Å²) in [4.78, 5) is 0. The van der Waals surface area contributed by atoms with Crippen LogP contribution in [0.4, 0.5) is 0 Å². The molecule has 0 aromatic rings. The number of hydrogen-bond donors (Lipinski definition) is 0. The van der Waals surface area contributed by atoms with Gasteiger partial charge in [0, 0.05) is 0 Å². The van der Waals surface area contributed by atoms with Gasteiger partial charge in [-0.3, -0.25) is 7.80 Å². The average Bonchev–Trinajstić information content (AvgIpc) is 1.79. The average molecular weight is 143 g/mol. The minimum Gasteiger partial charge on any atom is -0.288 e. The van der Waals surface area contributed by atoms with E-state index in [1.165, 1.54) is 6.42 Å². The second-order valence-electron chi connectivity index (χ2n) is 2.44. The lowest BCUT2D eigenvalue weighted by Gasteiger charge is -2.20. The molecule has 0 unspecified atom stereocenters. The maximum Gasteiger partial charge on any atom is -0.0215 e. The van der Waals surface area contributed by atoms with Gasteiger partial charge in [0.2, 0.25) is 0 Å². The van der Waals surface area contributed by atoms with Crippen LogP contribution in [0, 0.1) is 0 Å². The Bertz CT molecular complexity index is 67.3. The van der Waals surface area contributed by atoms with E-state index in [1.807, 2.05) is 0 Å². The normalized spacial score (nSPS) is 25.0. The van der Waals surface area contributed by atoms with Crippen molar-refractivity contribution in [3.8, 4) is 0 Å². The van der Waals surface area contributed by atoms with Gasteiger partial charge < -0.3 is 0 Å². The van der Waals surface area contributed by atoms with Crippen LogP contribution in [0.1, 0.15) is 32.1 Å². The molecule has 0 radical (unpaired) electrons. The molecule has 1 aliphatic heterocycles. The molecule has 1 rings (SSSR count). The highest BCUT2D eigenvalue weighted by Gasteiger charge is 1.99. The maximum atomic E-state index is 1.66. The molecule has 0 aliphatic carbocycles. The van der Waals surface area contributed by atoms with Crippen LogP contribution in [-0.2, 0) is 0 Å². The van der Waals surface area contributed by atoms with Crippen molar-refractivity contribution in [1.82, 2.24) is 0 Å². The van der Waals surface area contributed by atoms with Crippen molar-refractivity contribution in [2.45, 2.75) is 32.1 Å². The van der Waals surface area contributed by atoms with Crippen molar-refractivity contribution < 1.29 is 0 Å². The third-order valence-electron chi connectivity index (χ3n) is 1.63. The summed E-state index contributed by atoms with van der Waals surface area (Å²) in [6.45, 7) is 0. The van der Waals surface area contributed by atoms with Gasteiger partial charge >= 0.3 is 0 Å². The first kappa shape index (κ1) is 7.60. The minimum absolute atomic E-state index is 0.715. The summed E-state index contributed by atoms with van der Waals surface area (Å²) in [6, 6.07) is 0. The molecule has 54 valence electrons. The fraction of sp³-hybridized carbons (Fsp3) is 1.00. The second kappa shape index (κ2) is 4.33. The van der Waals surface area contributed by atoms with Crippen LogP contribution in [0.5, 0.6) is 0 Å². The van der Waals surface area contributed by atoms with E-state index in [-0.39, 0.29) is 0 Å². The monoisotopic (exact) mass is 143 g/mol. The molecule has 1 heterocycles. The molecule has 0 aromatic heterocycles. The topological polar surface area (TPSA) is 0 Å². The summed E-state index contributed by atoms with van der Waals surface area (Å²) >= 11 is 0. The fourth-order valence-corrected chi connectivity index (χ4v) is 2.21.